The molecule has 1 aliphatic heterocycles. The van der Waals surface area contributed by atoms with Gasteiger partial charge in [-0.2, -0.15) is 0 Å². The van der Waals surface area contributed by atoms with Gasteiger partial charge in [-0.1, -0.05) is 0 Å². The summed E-state index contributed by atoms with van der Waals surface area (Å²) < 4.78 is 7.37. The Morgan fingerprint density at radius 3 is 2.64 bits per heavy atom. The zero-order valence-corrected chi connectivity index (χ0v) is 11.9. The van der Waals surface area contributed by atoms with Gasteiger partial charge in [0.25, 0.3) is 0 Å². The first-order chi connectivity index (χ1) is 10.8. The number of morpholine rings is 1. The van der Waals surface area contributed by atoms with Crippen molar-refractivity contribution in [1.82, 2.24) is 24.3 Å². The fourth-order valence-corrected chi connectivity index (χ4v) is 2.51. The molecule has 3 aromatic heterocycles. The van der Waals surface area contributed by atoms with Gasteiger partial charge in [-0.25, -0.2) is 19.9 Å². The Kier molecular flexibility index (Phi) is 3.08. The molecule has 8 heteroatoms. The highest BCUT2D eigenvalue weighted by Crippen LogP contribution is 2.24. The van der Waals surface area contributed by atoms with E-state index in [2.05, 4.69) is 19.9 Å². The number of anilines is 2. The molecule has 4 rings (SSSR count). The highest BCUT2D eigenvalue weighted by Gasteiger charge is 2.18. The van der Waals surface area contributed by atoms with Crippen LogP contribution in [0.25, 0.3) is 16.9 Å². The number of nitrogens with zero attached hydrogens (tertiary/aromatic N) is 6. The summed E-state index contributed by atoms with van der Waals surface area (Å²) in [6, 6.07) is 0. The second-order valence-electron chi connectivity index (χ2n) is 5.04. The number of hydrogen-bond donors (Lipinski definition) is 1. The van der Waals surface area contributed by atoms with Crippen molar-refractivity contribution in [2.45, 2.75) is 0 Å². The molecule has 0 aromatic carbocycles. The summed E-state index contributed by atoms with van der Waals surface area (Å²) in [6.07, 6.45) is 8.95. The number of aromatic nitrogens is 5. The minimum Gasteiger partial charge on any atom is -0.378 e. The third kappa shape index (κ3) is 2.23. The number of hydrogen-bond acceptors (Lipinski definition) is 7. The van der Waals surface area contributed by atoms with Gasteiger partial charge in [-0.15, -0.1) is 0 Å². The zero-order chi connectivity index (χ0) is 14.9. The molecule has 0 aliphatic carbocycles. The lowest BCUT2D eigenvalue weighted by Gasteiger charge is -2.28. The molecule has 8 nitrogen and oxygen atoms in total. The van der Waals surface area contributed by atoms with Gasteiger partial charge in [0.05, 0.1) is 18.9 Å². The Morgan fingerprint density at radius 2 is 1.86 bits per heavy atom. The third-order valence-electron chi connectivity index (χ3n) is 3.63. The molecule has 0 spiro atoms. The molecular weight excluding hydrogens is 282 g/mol. The Hall–Kier alpha value is -2.74. The normalized spacial score (nSPS) is 15.4. The van der Waals surface area contributed by atoms with Gasteiger partial charge in [0.2, 0.25) is 5.95 Å². The highest BCUT2D eigenvalue weighted by molar-refractivity contribution is 5.69. The smallest absolute Gasteiger partial charge is 0.219 e. The predicted octanol–water partition coefficient (Wildman–Crippen LogP) is 0.605. The standard InChI is InChI=1S/C14H15N7O/c15-14-17-7-10(8-18-14)11-9-21-2-1-16-12(21)13(19-11)20-3-5-22-6-4-20/h1-2,7-9H,3-6H2,(H2,15,17,18). The van der Waals surface area contributed by atoms with E-state index in [0.29, 0.717) is 13.2 Å². The summed E-state index contributed by atoms with van der Waals surface area (Å²) in [5, 5.41) is 0. The van der Waals surface area contributed by atoms with Crippen LogP contribution < -0.4 is 10.6 Å². The maximum Gasteiger partial charge on any atom is 0.219 e. The average molecular weight is 297 g/mol. The number of nitrogens with two attached hydrogens (primary N) is 1. The lowest BCUT2D eigenvalue weighted by atomic mass is 10.2. The second-order valence-corrected chi connectivity index (χ2v) is 5.04. The van der Waals surface area contributed by atoms with E-state index in [9.17, 15) is 0 Å². The Bertz CT molecular complexity index is 793. The van der Waals surface area contributed by atoms with E-state index >= 15 is 0 Å². The molecule has 1 fully saturated rings. The molecule has 112 valence electrons. The molecule has 0 amide bonds. The lowest BCUT2D eigenvalue weighted by molar-refractivity contribution is 0.122. The molecule has 4 heterocycles. The molecule has 2 N–H and O–H groups in total. The average Bonchev–Trinajstić information content (AvgIpc) is 3.04. The van der Waals surface area contributed by atoms with Crippen LogP contribution in [0, 0.1) is 0 Å². The monoisotopic (exact) mass is 297 g/mol. The summed E-state index contributed by atoms with van der Waals surface area (Å²) in [6.45, 7) is 3.00. The van der Waals surface area contributed by atoms with Crippen molar-refractivity contribution in [2.24, 2.45) is 0 Å². The van der Waals surface area contributed by atoms with Crippen LogP contribution in [-0.4, -0.2) is 50.6 Å². The Labute approximate surface area is 126 Å². The summed E-state index contributed by atoms with van der Waals surface area (Å²) in [5.74, 6) is 1.10. The fraction of sp³-hybridized carbons (Fsp3) is 0.286. The van der Waals surface area contributed by atoms with Crippen molar-refractivity contribution >= 4 is 17.4 Å². The Morgan fingerprint density at radius 1 is 1.09 bits per heavy atom. The number of imidazole rings is 1. The van der Waals surface area contributed by atoms with E-state index in [4.69, 9.17) is 15.5 Å². The number of nitrogen functional groups attached to an aromatic ring is 1. The minimum atomic E-state index is 0.251. The largest absolute Gasteiger partial charge is 0.378 e. The maximum absolute atomic E-state index is 5.55. The first-order valence-electron chi connectivity index (χ1n) is 7.05. The van der Waals surface area contributed by atoms with E-state index in [1.165, 1.54) is 0 Å². The van der Waals surface area contributed by atoms with Crippen molar-refractivity contribution in [3.63, 3.8) is 0 Å². The fourth-order valence-electron chi connectivity index (χ4n) is 2.51. The van der Waals surface area contributed by atoms with Crippen LogP contribution in [0.3, 0.4) is 0 Å². The van der Waals surface area contributed by atoms with Crippen molar-refractivity contribution in [1.29, 1.82) is 0 Å². The number of rotatable bonds is 2. The lowest BCUT2D eigenvalue weighted by Crippen LogP contribution is -2.37. The van der Waals surface area contributed by atoms with Crippen LogP contribution in [0.2, 0.25) is 0 Å². The number of fused-ring (bicyclic) bond motifs is 1. The third-order valence-corrected chi connectivity index (χ3v) is 3.63. The van der Waals surface area contributed by atoms with E-state index in [0.717, 1.165) is 35.8 Å². The van der Waals surface area contributed by atoms with Crippen LogP contribution in [0.4, 0.5) is 11.8 Å². The predicted molar refractivity (Wildman–Crippen MR) is 81.5 cm³/mol. The van der Waals surface area contributed by atoms with Crippen molar-refractivity contribution in [3.8, 4) is 11.3 Å². The SMILES string of the molecule is Nc1ncc(-c2cn3ccnc3c(N3CCOCC3)n2)cn1. The minimum absolute atomic E-state index is 0.251. The summed E-state index contributed by atoms with van der Waals surface area (Å²) >= 11 is 0. The van der Waals surface area contributed by atoms with Gasteiger partial charge in [0.15, 0.2) is 11.5 Å². The molecule has 3 aromatic rings. The summed E-state index contributed by atoms with van der Waals surface area (Å²) in [4.78, 5) is 19.4. The quantitative estimate of drug-likeness (QED) is 0.740. The first-order valence-corrected chi connectivity index (χ1v) is 7.05. The molecule has 22 heavy (non-hydrogen) atoms. The maximum atomic E-state index is 5.55. The molecular formula is C14H15N7O. The zero-order valence-electron chi connectivity index (χ0n) is 11.9. The van der Waals surface area contributed by atoms with Crippen LogP contribution in [-0.2, 0) is 4.74 Å². The van der Waals surface area contributed by atoms with Crippen LogP contribution >= 0.6 is 0 Å². The highest BCUT2D eigenvalue weighted by atomic mass is 16.5. The molecule has 0 bridgehead atoms. The molecule has 0 unspecified atom stereocenters. The first kappa shape index (κ1) is 13.0. The second kappa shape index (κ2) is 5.23. The molecule has 1 saturated heterocycles. The van der Waals surface area contributed by atoms with Crippen molar-refractivity contribution in [2.75, 3.05) is 36.9 Å². The molecule has 0 radical (unpaired) electrons. The van der Waals surface area contributed by atoms with Gasteiger partial charge in [-0.05, 0) is 0 Å². The summed E-state index contributed by atoms with van der Waals surface area (Å²) in [5.41, 5.74) is 7.98. The van der Waals surface area contributed by atoms with E-state index in [-0.39, 0.29) is 5.95 Å². The van der Waals surface area contributed by atoms with Gasteiger partial charge < -0.3 is 19.8 Å². The van der Waals surface area contributed by atoms with Crippen molar-refractivity contribution in [3.05, 3.63) is 31.0 Å². The molecule has 0 atom stereocenters. The van der Waals surface area contributed by atoms with Crippen LogP contribution in [0.15, 0.2) is 31.0 Å². The molecule has 1 aliphatic rings. The van der Waals surface area contributed by atoms with Gasteiger partial charge in [-0.3, -0.25) is 0 Å². The van der Waals surface area contributed by atoms with Gasteiger partial charge >= 0.3 is 0 Å². The topological polar surface area (TPSA) is 94.5 Å². The van der Waals surface area contributed by atoms with E-state index in [1.807, 2.05) is 16.8 Å². The van der Waals surface area contributed by atoms with Crippen LogP contribution in [0.5, 0.6) is 0 Å². The molecule has 0 saturated carbocycles. The van der Waals surface area contributed by atoms with Crippen molar-refractivity contribution < 1.29 is 4.74 Å². The van der Waals surface area contributed by atoms with Crippen LogP contribution in [0.1, 0.15) is 0 Å². The van der Waals surface area contributed by atoms with Gasteiger partial charge in [0.1, 0.15) is 0 Å². The van der Waals surface area contributed by atoms with E-state index in [1.54, 1.807) is 18.6 Å². The number of ether oxygens (including phenoxy) is 1. The summed E-state index contributed by atoms with van der Waals surface area (Å²) in [7, 11) is 0. The van der Waals surface area contributed by atoms with E-state index < -0.39 is 0 Å². The Balaban J connectivity index is 1.84. The van der Waals surface area contributed by atoms with Gasteiger partial charge in [0, 0.05) is 49.6 Å².